The second-order valence-corrected chi connectivity index (χ2v) is 7.36. The maximum absolute atomic E-state index is 13.5. The molecule has 136 valence electrons. The fourth-order valence-corrected chi connectivity index (χ4v) is 4.37. The van der Waals surface area contributed by atoms with Gasteiger partial charge in [-0.1, -0.05) is 12.1 Å². The topological polar surface area (TPSA) is 49.4 Å². The Morgan fingerprint density at radius 1 is 1.04 bits per heavy atom. The summed E-state index contributed by atoms with van der Waals surface area (Å²) >= 11 is 0. The van der Waals surface area contributed by atoms with E-state index in [1.807, 2.05) is 0 Å². The van der Waals surface area contributed by atoms with Crippen molar-refractivity contribution in [1.29, 1.82) is 0 Å². The highest BCUT2D eigenvalue weighted by molar-refractivity contribution is 7.89. The minimum atomic E-state index is -4.05. The SMILES string of the molecule is Cl.O=S(=O)(c1ccc(F)c(F)c1)N1CCNCC1c1cccc(F)c1. The lowest BCUT2D eigenvalue weighted by molar-refractivity contribution is 0.271. The minimum absolute atomic E-state index is 0. The standard InChI is InChI=1S/C16H15F3N2O2S.ClH/c17-12-3-1-2-11(8-12)16-10-20-6-7-21(16)24(22,23)13-4-5-14(18)15(19)9-13;/h1-5,8-9,16,20H,6-7,10H2;1H. The molecule has 1 heterocycles. The minimum Gasteiger partial charge on any atom is -0.313 e. The molecule has 2 aromatic carbocycles. The molecule has 2 aromatic rings. The Morgan fingerprint density at radius 2 is 1.80 bits per heavy atom. The lowest BCUT2D eigenvalue weighted by atomic mass is 10.1. The highest BCUT2D eigenvalue weighted by Crippen LogP contribution is 2.29. The van der Waals surface area contributed by atoms with E-state index in [0.717, 1.165) is 12.1 Å². The van der Waals surface area contributed by atoms with E-state index in [1.54, 1.807) is 6.07 Å². The predicted molar refractivity (Wildman–Crippen MR) is 89.5 cm³/mol. The molecule has 3 rings (SSSR count). The van der Waals surface area contributed by atoms with Gasteiger partial charge in [0.05, 0.1) is 10.9 Å². The molecule has 0 radical (unpaired) electrons. The van der Waals surface area contributed by atoms with Crippen LogP contribution in [0.3, 0.4) is 0 Å². The Labute approximate surface area is 150 Å². The van der Waals surface area contributed by atoms with Gasteiger partial charge in [0.2, 0.25) is 10.0 Å². The third-order valence-electron chi connectivity index (χ3n) is 3.93. The number of nitrogens with zero attached hydrogens (tertiary/aromatic N) is 1. The van der Waals surface area contributed by atoms with Crippen molar-refractivity contribution in [3.63, 3.8) is 0 Å². The molecule has 1 N–H and O–H groups in total. The van der Waals surface area contributed by atoms with E-state index in [2.05, 4.69) is 5.32 Å². The zero-order chi connectivity index (χ0) is 17.3. The molecule has 1 aliphatic rings. The molecule has 0 saturated carbocycles. The third kappa shape index (κ3) is 3.98. The Kier molecular flexibility index (Phi) is 6.10. The lowest BCUT2D eigenvalue weighted by Gasteiger charge is -2.35. The summed E-state index contributed by atoms with van der Waals surface area (Å²) in [6.45, 7) is 0.851. The van der Waals surface area contributed by atoms with Crippen molar-refractivity contribution in [1.82, 2.24) is 9.62 Å². The van der Waals surface area contributed by atoms with Crippen LogP contribution in [0.5, 0.6) is 0 Å². The number of piperazine rings is 1. The summed E-state index contributed by atoms with van der Waals surface area (Å²) in [6, 6.07) is 7.51. The van der Waals surface area contributed by atoms with E-state index >= 15 is 0 Å². The highest BCUT2D eigenvalue weighted by Gasteiger charge is 2.34. The maximum Gasteiger partial charge on any atom is 0.243 e. The molecule has 0 aliphatic carbocycles. The summed E-state index contributed by atoms with van der Waals surface area (Å²) < 4.78 is 66.9. The van der Waals surface area contributed by atoms with Gasteiger partial charge in [-0.3, -0.25) is 0 Å². The summed E-state index contributed by atoms with van der Waals surface area (Å²) in [4.78, 5) is -0.329. The fraction of sp³-hybridized carbons (Fsp3) is 0.250. The van der Waals surface area contributed by atoms with Gasteiger partial charge in [0.1, 0.15) is 5.82 Å². The first-order valence-corrected chi connectivity index (χ1v) is 8.76. The molecule has 1 atom stereocenters. The fourth-order valence-electron chi connectivity index (χ4n) is 2.74. The first-order chi connectivity index (χ1) is 11.4. The van der Waals surface area contributed by atoms with Crippen LogP contribution in [-0.2, 0) is 10.0 Å². The van der Waals surface area contributed by atoms with Crippen LogP contribution in [0, 0.1) is 17.5 Å². The second-order valence-electron chi connectivity index (χ2n) is 5.47. The molecule has 9 heteroatoms. The van der Waals surface area contributed by atoms with E-state index < -0.39 is 33.5 Å². The van der Waals surface area contributed by atoms with E-state index in [-0.39, 0.29) is 23.8 Å². The number of hydrogen-bond acceptors (Lipinski definition) is 3. The quantitative estimate of drug-likeness (QED) is 0.873. The van der Waals surface area contributed by atoms with E-state index in [0.29, 0.717) is 24.7 Å². The van der Waals surface area contributed by atoms with E-state index in [4.69, 9.17) is 0 Å². The van der Waals surface area contributed by atoms with Gasteiger partial charge in [0.25, 0.3) is 0 Å². The van der Waals surface area contributed by atoms with Gasteiger partial charge in [-0.15, -0.1) is 12.4 Å². The van der Waals surface area contributed by atoms with Gasteiger partial charge < -0.3 is 5.32 Å². The average Bonchev–Trinajstić information content (AvgIpc) is 2.57. The largest absolute Gasteiger partial charge is 0.313 e. The molecule has 1 aliphatic heterocycles. The van der Waals surface area contributed by atoms with Crippen molar-refractivity contribution in [2.24, 2.45) is 0 Å². The first kappa shape index (κ1) is 19.7. The van der Waals surface area contributed by atoms with Crippen molar-refractivity contribution >= 4 is 22.4 Å². The zero-order valence-electron chi connectivity index (χ0n) is 13.0. The second kappa shape index (κ2) is 7.74. The molecule has 0 bridgehead atoms. The number of hydrogen-bond donors (Lipinski definition) is 1. The number of benzene rings is 2. The smallest absolute Gasteiger partial charge is 0.243 e. The van der Waals surface area contributed by atoms with Crippen LogP contribution < -0.4 is 5.32 Å². The summed E-state index contributed by atoms with van der Waals surface area (Å²) in [7, 11) is -4.05. The summed E-state index contributed by atoms with van der Waals surface area (Å²) in [5.41, 5.74) is 0.494. The Hall–Kier alpha value is -1.61. The number of sulfonamides is 1. The van der Waals surface area contributed by atoms with Gasteiger partial charge in [-0.05, 0) is 35.9 Å². The number of halogens is 4. The monoisotopic (exact) mass is 392 g/mol. The van der Waals surface area contributed by atoms with Gasteiger partial charge in [0, 0.05) is 19.6 Å². The molecule has 1 saturated heterocycles. The van der Waals surface area contributed by atoms with E-state index in [9.17, 15) is 21.6 Å². The van der Waals surface area contributed by atoms with Crippen molar-refractivity contribution in [3.8, 4) is 0 Å². The Bertz CT molecular complexity index is 864. The molecular weight excluding hydrogens is 377 g/mol. The van der Waals surface area contributed by atoms with Crippen molar-refractivity contribution in [2.45, 2.75) is 10.9 Å². The Balaban J connectivity index is 0.00000225. The normalized spacial score (nSPS) is 18.6. The molecular formula is C16H16ClF3N2O2S. The van der Waals surface area contributed by atoms with Gasteiger partial charge >= 0.3 is 0 Å². The molecule has 0 amide bonds. The van der Waals surface area contributed by atoms with Crippen LogP contribution >= 0.6 is 12.4 Å². The predicted octanol–water partition coefficient (Wildman–Crippen LogP) is 2.86. The Morgan fingerprint density at radius 3 is 2.48 bits per heavy atom. The van der Waals surface area contributed by atoms with Crippen LogP contribution in [0.1, 0.15) is 11.6 Å². The van der Waals surface area contributed by atoms with Gasteiger partial charge in [-0.2, -0.15) is 4.31 Å². The van der Waals surface area contributed by atoms with Crippen LogP contribution in [0.25, 0.3) is 0 Å². The van der Waals surface area contributed by atoms with Crippen LogP contribution in [-0.4, -0.2) is 32.4 Å². The molecule has 25 heavy (non-hydrogen) atoms. The van der Waals surface area contributed by atoms with Crippen molar-refractivity contribution in [3.05, 3.63) is 65.5 Å². The van der Waals surface area contributed by atoms with Crippen molar-refractivity contribution in [2.75, 3.05) is 19.6 Å². The number of rotatable bonds is 3. The van der Waals surface area contributed by atoms with Gasteiger partial charge in [-0.25, -0.2) is 21.6 Å². The average molecular weight is 393 g/mol. The first-order valence-electron chi connectivity index (χ1n) is 7.32. The molecule has 4 nitrogen and oxygen atoms in total. The molecule has 1 unspecified atom stereocenters. The van der Waals surface area contributed by atoms with Gasteiger partial charge in [0.15, 0.2) is 11.6 Å². The van der Waals surface area contributed by atoms with Crippen molar-refractivity contribution < 1.29 is 21.6 Å². The van der Waals surface area contributed by atoms with Crippen LogP contribution in [0.2, 0.25) is 0 Å². The highest BCUT2D eigenvalue weighted by atomic mass is 35.5. The van der Waals surface area contributed by atoms with Crippen LogP contribution in [0.4, 0.5) is 13.2 Å². The zero-order valence-corrected chi connectivity index (χ0v) is 14.6. The third-order valence-corrected chi connectivity index (χ3v) is 5.83. The molecule has 0 aromatic heterocycles. The molecule has 0 spiro atoms. The maximum atomic E-state index is 13.5. The van der Waals surface area contributed by atoms with E-state index in [1.165, 1.54) is 22.5 Å². The lowest BCUT2D eigenvalue weighted by Crippen LogP contribution is -2.48. The number of nitrogens with one attached hydrogen (secondary N) is 1. The summed E-state index contributed by atoms with van der Waals surface area (Å²) in [5.74, 6) is -2.81. The summed E-state index contributed by atoms with van der Waals surface area (Å²) in [6.07, 6.45) is 0. The molecule has 1 fully saturated rings. The summed E-state index contributed by atoms with van der Waals surface area (Å²) in [5, 5.41) is 3.06. The van der Waals surface area contributed by atoms with Crippen LogP contribution in [0.15, 0.2) is 47.4 Å².